The van der Waals surface area contributed by atoms with Crippen LogP contribution in [0.4, 0.5) is 5.69 Å². The lowest BCUT2D eigenvalue weighted by atomic mass is 10.1. The van der Waals surface area contributed by atoms with Crippen molar-refractivity contribution >= 4 is 17.5 Å². The Morgan fingerprint density at radius 1 is 1.36 bits per heavy atom. The number of aromatic nitrogens is 3. The van der Waals surface area contributed by atoms with Crippen LogP contribution in [0.15, 0.2) is 24.4 Å². The van der Waals surface area contributed by atoms with Crippen LogP contribution in [0.3, 0.4) is 0 Å². The van der Waals surface area contributed by atoms with Crippen LogP contribution in [-0.2, 0) is 11.2 Å². The lowest BCUT2D eigenvalue weighted by Gasteiger charge is -2.09. The van der Waals surface area contributed by atoms with E-state index in [2.05, 4.69) is 20.5 Å². The van der Waals surface area contributed by atoms with Crippen LogP contribution in [0.5, 0.6) is 0 Å². The minimum Gasteiger partial charge on any atom is -0.364 e. The number of hydrogen-bond donors (Lipinski definition) is 3. The van der Waals surface area contributed by atoms with Gasteiger partial charge >= 0.3 is 0 Å². The van der Waals surface area contributed by atoms with Gasteiger partial charge in [-0.25, -0.2) is 0 Å². The van der Waals surface area contributed by atoms with Gasteiger partial charge in [0.2, 0.25) is 5.91 Å². The molecule has 0 aliphatic carbocycles. The Morgan fingerprint density at radius 2 is 2.14 bits per heavy atom. The Hall–Kier alpha value is -2.70. The van der Waals surface area contributed by atoms with Crippen molar-refractivity contribution in [1.29, 1.82) is 0 Å². The summed E-state index contributed by atoms with van der Waals surface area (Å²) < 4.78 is 0. The van der Waals surface area contributed by atoms with Crippen LogP contribution in [0, 0.1) is 0 Å². The fourth-order valence-corrected chi connectivity index (χ4v) is 2.07. The first kappa shape index (κ1) is 15.7. The summed E-state index contributed by atoms with van der Waals surface area (Å²) in [7, 11) is 0. The van der Waals surface area contributed by atoms with Crippen LogP contribution in [0.25, 0.3) is 0 Å². The molecule has 116 valence electrons. The van der Waals surface area contributed by atoms with Crippen molar-refractivity contribution in [2.75, 3.05) is 5.32 Å². The number of pyridine rings is 1. The topological polar surface area (TPSA) is 114 Å². The third-order valence-corrected chi connectivity index (χ3v) is 3.20. The number of carbonyl (C=O) groups excluding carboxylic acids is 2. The van der Waals surface area contributed by atoms with Crippen molar-refractivity contribution < 1.29 is 9.59 Å². The van der Waals surface area contributed by atoms with Crippen molar-refractivity contribution in [1.82, 2.24) is 15.2 Å². The van der Waals surface area contributed by atoms with Crippen molar-refractivity contribution in [2.24, 2.45) is 5.73 Å². The van der Waals surface area contributed by atoms with Gasteiger partial charge in [0.15, 0.2) is 5.69 Å². The third kappa shape index (κ3) is 3.69. The maximum Gasteiger partial charge on any atom is 0.271 e. The summed E-state index contributed by atoms with van der Waals surface area (Å²) in [5, 5.41) is 9.37. The van der Waals surface area contributed by atoms with Crippen molar-refractivity contribution in [3.63, 3.8) is 0 Å². The molecule has 0 saturated carbocycles. The normalized spacial score (nSPS) is 10.7. The molecule has 0 spiro atoms. The molecule has 0 aromatic carbocycles. The number of H-pyrrole nitrogens is 1. The number of carbonyl (C=O) groups is 2. The fourth-order valence-electron chi connectivity index (χ4n) is 2.07. The maximum absolute atomic E-state index is 12.1. The Bertz CT molecular complexity index is 664. The van der Waals surface area contributed by atoms with Crippen LogP contribution >= 0.6 is 0 Å². The van der Waals surface area contributed by atoms with Crippen LogP contribution in [0.2, 0.25) is 0 Å². The van der Waals surface area contributed by atoms with E-state index in [0.29, 0.717) is 17.8 Å². The molecule has 0 atom stereocenters. The molecule has 0 unspecified atom stereocenters. The van der Waals surface area contributed by atoms with Gasteiger partial charge < -0.3 is 11.1 Å². The molecule has 0 saturated heterocycles. The zero-order valence-corrected chi connectivity index (χ0v) is 12.6. The molecule has 2 rings (SSSR count). The molecule has 2 amide bonds. The number of nitrogens with zero attached hydrogens (tertiary/aromatic N) is 2. The molecule has 0 fully saturated rings. The van der Waals surface area contributed by atoms with E-state index in [0.717, 1.165) is 5.69 Å². The monoisotopic (exact) mass is 301 g/mol. The quantitative estimate of drug-likeness (QED) is 0.751. The number of hydrogen-bond acceptors (Lipinski definition) is 4. The van der Waals surface area contributed by atoms with Crippen LogP contribution in [0.1, 0.15) is 48.1 Å². The molecule has 7 nitrogen and oxygen atoms in total. The van der Waals surface area contributed by atoms with Crippen LogP contribution in [-0.4, -0.2) is 27.0 Å². The molecule has 0 bridgehead atoms. The van der Waals surface area contributed by atoms with Gasteiger partial charge in [0.05, 0.1) is 11.4 Å². The first-order valence-corrected chi connectivity index (χ1v) is 7.07. The zero-order valence-electron chi connectivity index (χ0n) is 12.6. The van der Waals surface area contributed by atoms with E-state index in [4.69, 9.17) is 5.73 Å². The SMILES string of the molecule is CC(C)c1[nH]nc(C(N)=O)c1NC(=O)CCc1ccccn1. The second kappa shape index (κ2) is 6.84. The third-order valence-electron chi connectivity index (χ3n) is 3.20. The van der Waals surface area contributed by atoms with E-state index >= 15 is 0 Å². The first-order chi connectivity index (χ1) is 10.5. The first-order valence-electron chi connectivity index (χ1n) is 7.07. The summed E-state index contributed by atoms with van der Waals surface area (Å²) in [6, 6.07) is 5.56. The minimum absolute atomic E-state index is 0.0508. The predicted octanol–water partition coefficient (Wildman–Crippen LogP) is 1.60. The van der Waals surface area contributed by atoms with E-state index < -0.39 is 5.91 Å². The summed E-state index contributed by atoms with van der Waals surface area (Å²) in [5.74, 6) is -0.814. The number of primary amides is 1. The van der Waals surface area contributed by atoms with Crippen molar-refractivity contribution in [2.45, 2.75) is 32.6 Å². The second-order valence-corrected chi connectivity index (χ2v) is 5.25. The maximum atomic E-state index is 12.1. The Morgan fingerprint density at radius 3 is 2.73 bits per heavy atom. The summed E-state index contributed by atoms with van der Waals surface area (Å²) in [4.78, 5) is 27.7. The minimum atomic E-state index is -0.678. The Balaban J connectivity index is 2.07. The lowest BCUT2D eigenvalue weighted by molar-refractivity contribution is -0.116. The lowest BCUT2D eigenvalue weighted by Crippen LogP contribution is -2.19. The highest BCUT2D eigenvalue weighted by atomic mass is 16.2. The average molecular weight is 301 g/mol. The number of nitrogens with two attached hydrogens (primary N) is 1. The number of aromatic amines is 1. The van der Waals surface area contributed by atoms with E-state index in [-0.39, 0.29) is 23.9 Å². The number of amides is 2. The number of nitrogens with one attached hydrogen (secondary N) is 2. The predicted molar refractivity (Wildman–Crippen MR) is 82.4 cm³/mol. The van der Waals surface area contributed by atoms with Gasteiger partial charge in [0, 0.05) is 18.3 Å². The van der Waals surface area contributed by atoms with Gasteiger partial charge in [0.25, 0.3) is 5.91 Å². The summed E-state index contributed by atoms with van der Waals surface area (Å²) in [6.07, 6.45) is 2.47. The van der Waals surface area contributed by atoms with Crippen LogP contribution < -0.4 is 11.1 Å². The van der Waals surface area contributed by atoms with E-state index in [9.17, 15) is 9.59 Å². The fraction of sp³-hybridized carbons (Fsp3) is 0.333. The van der Waals surface area contributed by atoms with Gasteiger partial charge in [-0.1, -0.05) is 19.9 Å². The molecule has 4 N–H and O–H groups in total. The Kier molecular flexibility index (Phi) is 4.88. The summed E-state index contributed by atoms with van der Waals surface area (Å²) >= 11 is 0. The van der Waals surface area contributed by atoms with Crippen molar-refractivity contribution in [3.8, 4) is 0 Å². The van der Waals surface area contributed by atoms with E-state index in [1.165, 1.54) is 0 Å². The Labute approximate surface area is 128 Å². The highest BCUT2D eigenvalue weighted by Crippen LogP contribution is 2.25. The largest absolute Gasteiger partial charge is 0.364 e. The zero-order chi connectivity index (χ0) is 16.1. The van der Waals surface area contributed by atoms with E-state index in [1.54, 1.807) is 6.20 Å². The molecule has 0 aliphatic rings. The molecule has 2 heterocycles. The number of rotatable bonds is 6. The molecule has 0 radical (unpaired) electrons. The molecule has 2 aromatic heterocycles. The van der Waals surface area contributed by atoms with Gasteiger partial charge in [-0.2, -0.15) is 5.10 Å². The highest BCUT2D eigenvalue weighted by Gasteiger charge is 2.21. The summed E-state index contributed by atoms with van der Waals surface area (Å²) in [6.45, 7) is 3.86. The second-order valence-electron chi connectivity index (χ2n) is 5.25. The molecule has 0 aliphatic heterocycles. The molecule has 22 heavy (non-hydrogen) atoms. The van der Waals surface area contributed by atoms with E-state index in [1.807, 2.05) is 32.0 Å². The van der Waals surface area contributed by atoms with Gasteiger partial charge in [-0.15, -0.1) is 0 Å². The smallest absolute Gasteiger partial charge is 0.271 e. The van der Waals surface area contributed by atoms with Gasteiger partial charge in [0.1, 0.15) is 0 Å². The van der Waals surface area contributed by atoms with Gasteiger partial charge in [-0.3, -0.25) is 19.7 Å². The van der Waals surface area contributed by atoms with Crippen molar-refractivity contribution in [3.05, 3.63) is 41.5 Å². The van der Waals surface area contributed by atoms with Gasteiger partial charge in [-0.05, 0) is 24.5 Å². The highest BCUT2D eigenvalue weighted by molar-refractivity contribution is 6.02. The standard InChI is InChI=1S/C15H19N5O2/c1-9(2)12-13(14(15(16)22)20-19-12)18-11(21)7-6-10-5-3-4-8-17-10/h3-5,8-9H,6-7H2,1-2H3,(H2,16,22)(H,18,21)(H,19,20). The molecular formula is C15H19N5O2. The number of anilines is 1. The molecule has 2 aromatic rings. The average Bonchev–Trinajstić information content (AvgIpc) is 2.90. The molecular weight excluding hydrogens is 282 g/mol. The molecule has 7 heteroatoms. The number of aryl methyl sites for hydroxylation is 1. The summed E-state index contributed by atoms with van der Waals surface area (Å²) in [5.41, 5.74) is 7.22.